The van der Waals surface area contributed by atoms with E-state index in [4.69, 9.17) is 5.84 Å². The van der Waals surface area contributed by atoms with Crippen molar-refractivity contribution in [1.29, 1.82) is 0 Å². The highest BCUT2D eigenvalue weighted by Gasteiger charge is 2.17. The SMILES string of the molecule is Cn1c(CC2CCCCC2)ccc1C(=O)NN. The molecule has 0 saturated heterocycles. The van der Waals surface area contributed by atoms with Crippen LogP contribution < -0.4 is 11.3 Å². The summed E-state index contributed by atoms with van der Waals surface area (Å²) in [7, 11) is 1.93. The van der Waals surface area contributed by atoms with Gasteiger partial charge in [0, 0.05) is 12.7 Å². The smallest absolute Gasteiger partial charge is 0.281 e. The summed E-state index contributed by atoms with van der Waals surface area (Å²) in [5.41, 5.74) is 4.05. The average Bonchev–Trinajstić information content (AvgIpc) is 2.72. The van der Waals surface area contributed by atoms with Crippen LogP contribution >= 0.6 is 0 Å². The summed E-state index contributed by atoms with van der Waals surface area (Å²) < 4.78 is 1.96. The van der Waals surface area contributed by atoms with Crippen LogP contribution in [0.5, 0.6) is 0 Å². The Hall–Kier alpha value is -1.29. The van der Waals surface area contributed by atoms with Crippen LogP contribution in [0.4, 0.5) is 0 Å². The maximum atomic E-state index is 11.5. The molecular formula is C13H21N3O. The molecule has 0 aliphatic heterocycles. The highest BCUT2D eigenvalue weighted by molar-refractivity contribution is 5.92. The fraction of sp³-hybridized carbons (Fsp3) is 0.615. The van der Waals surface area contributed by atoms with E-state index in [1.807, 2.05) is 23.7 Å². The number of nitrogens with one attached hydrogen (secondary N) is 1. The molecule has 0 aromatic carbocycles. The molecule has 17 heavy (non-hydrogen) atoms. The first kappa shape index (κ1) is 12.2. The molecule has 0 spiro atoms. The second-order valence-electron chi connectivity index (χ2n) is 4.95. The largest absolute Gasteiger partial charge is 0.344 e. The molecule has 0 unspecified atom stereocenters. The number of amides is 1. The van der Waals surface area contributed by atoms with Crippen LogP contribution in [0.1, 0.15) is 48.3 Å². The van der Waals surface area contributed by atoms with E-state index >= 15 is 0 Å². The summed E-state index contributed by atoms with van der Waals surface area (Å²) in [6, 6.07) is 3.89. The van der Waals surface area contributed by atoms with Crippen LogP contribution in [0, 0.1) is 5.92 Å². The van der Waals surface area contributed by atoms with Gasteiger partial charge in [0.15, 0.2) is 0 Å². The fourth-order valence-electron chi connectivity index (χ4n) is 2.75. The summed E-state index contributed by atoms with van der Waals surface area (Å²) in [4.78, 5) is 11.5. The van der Waals surface area contributed by atoms with E-state index in [0.717, 1.165) is 12.3 Å². The Morgan fingerprint density at radius 2 is 2.12 bits per heavy atom. The molecule has 0 bridgehead atoms. The Labute approximate surface area is 102 Å². The first-order chi connectivity index (χ1) is 8.22. The Morgan fingerprint density at radius 1 is 1.41 bits per heavy atom. The minimum atomic E-state index is -0.220. The second-order valence-corrected chi connectivity index (χ2v) is 4.95. The maximum Gasteiger partial charge on any atom is 0.281 e. The Bertz CT molecular complexity index is 391. The quantitative estimate of drug-likeness (QED) is 0.476. The van der Waals surface area contributed by atoms with Gasteiger partial charge in [0.2, 0.25) is 0 Å². The summed E-state index contributed by atoms with van der Waals surface area (Å²) >= 11 is 0. The number of nitrogens with zero attached hydrogens (tertiary/aromatic N) is 1. The predicted octanol–water partition coefficient (Wildman–Crippen LogP) is 1.75. The molecule has 2 rings (SSSR count). The lowest BCUT2D eigenvalue weighted by molar-refractivity contribution is 0.0945. The Balaban J connectivity index is 2.06. The maximum absolute atomic E-state index is 11.5. The first-order valence-corrected chi connectivity index (χ1v) is 6.38. The number of carbonyl (C=O) groups excluding carboxylic acids is 1. The molecule has 1 aliphatic carbocycles. The molecule has 4 heteroatoms. The molecule has 1 saturated carbocycles. The van der Waals surface area contributed by atoms with E-state index in [1.54, 1.807) is 0 Å². The topological polar surface area (TPSA) is 60.0 Å². The molecule has 1 heterocycles. The van der Waals surface area contributed by atoms with E-state index < -0.39 is 0 Å². The molecule has 3 N–H and O–H groups in total. The average molecular weight is 235 g/mol. The van der Waals surface area contributed by atoms with Crippen molar-refractivity contribution in [3.63, 3.8) is 0 Å². The summed E-state index contributed by atoms with van der Waals surface area (Å²) in [5.74, 6) is 5.72. The van der Waals surface area contributed by atoms with Crippen LogP contribution in [0.2, 0.25) is 0 Å². The minimum Gasteiger partial charge on any atom is -0.344 e. The number of hydrogen-bond acceptors (Lipinski definition) is 2. The number of hydrazine groups is 1. The summed E-state index contributed by atoms with van der Waals surface area (Å²) in [6.45, 7) is 0. The molecule has 1 fully saturated rings. The van der Waals surface area contributed by atoms with Crippen LogP contribution in [-0.4, -0.2) is 10.5 Å². The molecule has 1 aromatic rings. The number of carbonyl (C=O) groups is 1. The van der Waals surface area contributed by atoms with Gasteiger partial charge in [-0.15, -0.1) is 0 Å². The van der Waals surface area contributed by atoms with Crippen LogP contribution in [0.25, 0.3) is 0 Å². The third-order valence-electron chi connectivity index (χ3n) is 3.81. The molecule has 1 aliphatic rings. The van der Waals surface area contributed by atoms with Gasteiger partial charge in [-0.05, 0) is 24.5 Å². The number of nitrogens with two attached hydrogens (primary N) is 1. The molecule has 1 amide bonds. The van der Waals surface area contributed by atoms with Gasteiger partial charge >= 0.3 is 0 Å². The molecule has 94 valence electrons. The third kappa shape index (κ3) is 2.69. The van der Waals surface area contributed by atoms with Gasteiger partial charge in [0.1, 0.15) is 5.69 Å². The lowest BCUT2D eigenvalue weighted by Crippen LogP contribution is -2.31. The normalized spacial score (nSPS) is 17.1. The summed E-state index contributed by atoms with van der Waals surface area (Å²) in [6.07, 6.45) is 7.81. The molecule has 0 radical (unpaired) electrons. The van der Waals surface area contributed by atoms with Crippen LogP contribution in [-0.2, 0) is 13.5 Å². The van der Waals surface area contributed by atoms with Crippen molar-refractivity contribution in [3.05, 3.63) is 23.5 Å². The van der Waals surface area contributed by atoms with Crippen molar-refractivity contribution in [3.8, 4) is 0 Å². The minimum absolute atomic E-state index is 0.220. The summed E-state index contributed by atoms with van der Waals surface area (Å²) in [5, 5.41) is 0. The van der Waals surface area contributed by atoms with Gasteiger partial charge in [-0.25, -0.2) is 5.84 Å². The van der Waals surface area contributed by atoms with Gasteiger partial charge in [-0.3, -0.25) is 10.2 Å². The lowest BCUT2D eigenvalue weighted by Gasteiger charge is -2.21. The Kier molecular flexibility index (Phi) is 3.84. The number of hydrogen-bond donors (Lipinski definition) is 2. The standard InChI is InChI=1S/C13H21N3O/c1-16-11(7-8-12(16)13(17)15-14)9-10-5-3-2-4-6-10/h7-8,10H,2-6,9,14H2,1H3,(H,15,17). The number of nitrogen functional groups attached to an aromatic ring is 1. The van der Waals surface area contributed by atoms with Gasteiger partial charge in [-0.2, -0.15) is 0 Å². The number of rotatable bonds is 3. The predicted molar refractivity (Wildman–Crippen MR) is 67.3 cm³/mol. The van der Waals surface area contributed by atoms with Crippen LogP contribution in [0.3, 0.4) is 0 Å². The third-order valence-corrected chi connectivity index (χ3v) is 3.81. The van der Waals surface area contributed by atoms with E-state index in [-0.39, 0.29) is 5.91 Å². The lowest BCUT2D eigenvalue weighted by atomic mass is 9.86. The van der Waals surface area contributed by atoms with Crippen LogP contribution in [0.15, 0.2) is 12.1 Å². The van der Waals surface area contributed by atoms with Crippen molar-refractivity contribution >= 4 is 5.91 Å². The fourth-order valence-corrected chi connectivity index (χ4v) is 2.75. The van der Waals surface area contributed by atoms with Crippen molar-refractivity contribution in [2.24, 2.45) is 18.8 Å². The van der Waals surface area contributed by atoms with E-state index in [0.29, 0.717) is 5.69 Å². The molecule has 4 nitrogen and oxygen atoms in total. The highest BCUT2D eigenvalue weighted by atomic mass is 16.2. The zero-order valence-electron chi connectivity index (χ0n) is 10.4. The second kappa shape index (κ2) is 5.36. The van der Waals surface area contributed by atoms with E-state index in [2.05, 4.69) is 5.43 Å². The van der Waals surface area contributed by atoms with Crippen molar-refractivity contribution in [1.82, 2.24) is 9.99 Å². The van der Waals surface area contributed by atoms with Gasteiger partial charge < -0.3 is 4.57 Å². The Morgan fingerprint density at radius 3 is 2.76 bits per heavy atom. The molecule has 0 atom stereocenters. The van der Waals surface area contributed by atoms with Gasteiger partial charge in [0.05, 0.1) is 0 Å². The van der Waals surface area contributed by atoms with E-state index in [1.165, 1.54) is 37.8 Å². The first-order valence-electron chi connectivity index (χ1n) is 6.38. The number of aromatic nitrogens is 1. The van der Waals surface area contributed by atoms with Gasteiger partial charge in [0.25, 0.3) is 5.91 Å². The van der Waals surface area contributed by atoms with Crippen molar-refractivity contribution in [2.45, 2.75) is 38.5 Å². The highest BCUT2D eigenvalue weighted by Crippen LogP contribution is 2.27. The van der Waals surface area contributed by atoms with Crippen molar-refractivity contribution in [2.75, 3.05) is 0 Å². The zero-order valence-corrected chi connectivity index (χ0v) is 10.4. The van der Waals surface area contributed by atoms with Gasteiger partial charge in [-0.1, -0.05) is 32.1 Å². The van der Waals surface area contributed by atoms with E-state index in [9.17, 15) is 4.79 Å². The molecular weight excluding hydrogens is 214 g/mol. The monoisotopic (exact) mass is 235 g/mol. The van der Waals surface area contributed by atoms with Crippen molar-refractivity contribution < 1.29 is 4.79 Å². The molecule has 1 aromatic heterocycles. The zero-order chi connectivity index (χ0) is 12.3.